The second-order valence-corrected chi connectivity index (χ2v) is 15.0. The molecule has 2 aromatic heterocycles. The van der Waals surface area contributed by atoms with Gasteiger partial charge >= 0.3 is 0 Å². The number of nitriles is 1. The molecule has 0 unspecified atom stereocenters. The molecule has 45 heavy (non-hydrogen) atoms. The summed E-state index contributed by atoms with van der Waals surface area (Å²) in [5.74, 6) is 0.914. The van der Waals surface area contributed by atoms with Gasteiger partial charge in [0.2, 0.25) is 5.88 Å². The van der Waals surface area contributed by atoms with Crippen LogP contribution in [0.15, 0.2) is 11.3 Å². The largest absolute Gasteiger partial charge is 0.511 e. The van der Waals surface area contributed by atoms with Crippen molar-refractivity contribution in [3.05, 3.63) is 38.2 Å². The molecule has 0 radical (unpaired) electrons. The number of hydrogen-bond donors (Lipinski definition) is 4. The number of nitrogen functional groups attached to an aromatic ring is 1. The molecule has 2 saturated heterocycles. The molecule has 0 bridgehead atoms. The van der Waals surface area contributed by atoms with Crippen LogP contribution >= 0.6 is 22.9 Å². The van der Waals surface area contributed by atoms with Crippen molar-refractivity contribution in [1.29, 1.82) is 10.7 Å². The van der Waals surface area contributed by atoms with E-state index in [1.165, 1.54) is 11.3 Å². The summed E-state index contributed by atoms with van der Waals surface area (Å²) in [7, 11) is 1.89. The highest BCUT2D eigenvalue weighted by molar-refractivity contribution is 7.16. The predicted octanol–water partition coefficient (Wildman–Crippen LogP) is 5.04. The number of hydrogen-bond acceptors (Lipinski definition) is 11. The maximum Gasteiger partial charge on any atom is 0.238 e. The third-order valence-corrected chi connectivity index (χ3v) is 12.0. The SMILES string of the molecule is C[C@H](Oc1nc(C(=N)C2=C(O)[C@@]3(CCC2)CCCc2sc(N)c(C#N)c23)nc(N2CCNC3(CC3)C2)c1Cl)[C@@H]1C[C@@H](F)CN1C. The van der Waals surface area contributed by atoms with Gasteiger partial charge in [0.15, 0.2) is 11.6 Å². The van der Waals surface area contributed by atoms with Gasteiger partial charge in [-0.25, -0.2) is 9.37 Å². The van der Waals surface area contributed by atoms with Gasteiger partial charge in [-0.2, -0.15) is 10.2 Å². The molecule has 2 aliphatic heterocycles. The van der Waals surface area contributed by atoms with Crippen molar-refractivity contribution in [1.82, 2.24) is 20.2 Å². The number of anilines is 2. The number of aliphatic hydroxyl groups excluding tert-OH is 1. The maximum absolute atomic E-state index is 14.3. The van der Waals surface area contributed by atoms with Gasteiger partial charge in [0, 0.05) is 48.2 Å². The molecule has 4 heterocycles. The fourth-order valence-electron chi connectivity index (χ4n) is 8.13. The van der Waals surface area contributed by atoms with Crippen molar-refractivity contribution >= 4 is 39.5 Å². The summed E-state index contributed by atoms with van der Waals surface area (Å²) in [5.41, 5.74) is 7.34. The number of nitrogens with two attached hydrogens (primary N) is 1. The molecule has 2 aromatic rings. The highest BCUT2D eigenvalue weighted by atomic mass is 35.5. The lowest BCUT2D eigenvalue weighted by molar-refractivity contribution is 0.117. The quantitative estimate of drug-likeness (QED) is 0.315. The van der Waals surface area contributed by atoms with Gasteiger partial charge < -0.3 is 25.8 Å². The predicted molar refractivity (Wildman–Crippen MR) is 174 cm³/mol. The van der Waals surface area contributed by atoms with Crippen LogP contribution in [0.2, 0.25) is 5.02 Å². The van der Waals surface area contributed by atoms with E-state index in [-0.39, 0.29) is 39.8 Å². The Morgan fingerprint density at radius 1 is 1.29 bits per heavy atom. The number of piperazine rings is 1. The molecule has 0 amide bonds. The number of fused-ring (bicyclic) bond motifs is 2. The van der Waals surface area contributed by atoms with E-state index in [1.54, 1.807) is 0 Å². The molecule has 5 N–H and O–H groups in total. The number of alkyl halides is 1. The average Bonchev–Trinajstić information content (AvgIpc) is 3.52. The Morgan fingerprint density at radius 2 is 2.04 bits per heavy atom. The van der Waals surface area contributed by atoms with E-state index in [9.17, 15) is 20.2 Å². The standard InChI is InChI=1S/C32H40ClFN8O2S/c1-17(21-13-18(34)15-41(21)2)44-30-24(33)29(42-12-11-38-31(16-42)9-10-31)39-28(40-30)25(36)19-5-3-7-32(26(19)43)8-4-6-22-23(32)20(14-35)27(37)45-22/h17-18,21,36,38,43H,3-13,15-16,37H2,1-2H3/t17-,18+,21-,32-/m0/s1. The van der Waals surface area contributed by atoms with Gasteiger partial charge in [-0.15, -0.1) is 11.3 Å². The van der Waals surface area contributed by atoms with Crippen molar-refractivity contribution in [2.24, 2.45) is 0 Å². The number of thiophene rings is 1. The summed E-state index contributed by atoms with van der Waals surface area (Å²) in [6.45, 7) is 4.44. The van der Waals surface area contributed by atoms with Gasteiger partial charge in [0.25, 0.3) is 0 Å². The lowest BCUT2D eigenvalue weighted by Crippen LogP contribution is -2.53. The van der Waals surface area contributed by atoms with Gasteiger partial charge in [0.1, 0.15) is 39.8 Å². The number of aromatic nitrogens is 2. The molecule has 3 aliphatic carbocycles. The first kappa shape index (κ1) is 30.7. The monoisotopic (exact) mass is 654 g/mol. The number of likely N-dealkylation sites (N-methyl/N-ethyl adjacent to an activating group) is 1. The van der Waals surface area contributed by atoms with Crippen LogP contribution in [0, 0.1) is 16.7 Å². The Hall–Kier alpha value is -2.98. The molecule has 10 nitrogen and oxygen atoms in total. The van der Waals surface area contributed by atoms with Crippen molar-refractivity contribution in [3.8, 4) is 11.9 Å². The van der Waals surface area contributed by atoms with Crippen molar-refractivity contribution in [2.75, 3.05) is 43.9 Å². The van der Waals surface area contributed by atoms with Crippen LogP contribution < -0.4 is 20.7 Å². The third-order valence-electron chi connectivity index (χ3n) is 10.6. The van der Waals surface area contributed by atoms with E-state index in [0.717, 1.165) is 55.6 Å². The lowest BCUT2D eigenvalue weighted by Gasteiger charge is -2.41. The first-order chi connectivity index (χ1) is 21.6. The second-order valence-electron chi connectivity index (χ2n) is 13.5. The van der Waals surface area contributed by atoms with Crippen molar-refractivity contribution in [2.45, 2.75) is 94.0 Å². The Balaban J connectivity index is 1.29. The molecule has 1 saturated carbocycles. The number of nitrogens with one attached hydrogen (secondary N) is 2. The highest BCUT2D eigenvalue weighted by Gasteiger charge is 2.48. The molecule has 4 atom stereocenters. The van der Waals surface area contributed by atoms with Crippen LogP contribution in [-0.2, 0) is 11.8 Å². The maximum atomic E-state index is 14.3. The van der Waals surface area contributed by atoms with E-state index in [0.29, 0.717) is 60.7 Å². The summed E-state index contributed by atoms with van der Waals surface area (Å²) in [5, 5.41) is 35.8. The zero-order valence-electron chi connectivity index (χ0n) is 25.8. The zero-order valence-corrected chi connectivity index (χ0v) is 27.3. The Kier molecular flexibility index (Phi) is 7.75. The van der Waals surface area contributed by atoms with Crippen LogP contribution in [0.4, 0.5) is 15.2 Å². The topological polar surface area (TPSA) is 147 Å². The molecule has 0 aromatic carbocycles. The Labute approximate surface area is 271 Å². The number of ether oxygens (including phenoxy) is 1. The summed E-state index contributed by atoms with van der Waals surface area (Å²) in [4.78, 5) is 14.7. The van der Waals surface area contributed by atoms with Crippen LogP contribution in [0.3, 0.4) is 0 Å². The second kappa shape index (κ2) is 11.4. The number of nitrogens with zero attached hydrogens (tertiary/aromatic N) is 5. The summed E-state index contributed by atoms with van der Waals surface area (Å²) in [6, 6.07) is 2.14. The number of halogens is 2. The lowest BCUT2D eigenvalue weighted by atomic mass is 9.63. The normalized spacial score (nSPS) is 28.3. The number of allylic oxidation sites excluding steroid dienone is 2. The Morgan fingerprint density at radius 3 is 2.73 bits per heavy atom. The summed E-state index contributed by atoms with van der Waals surface area (Å²) in [6.07, 6.45) is 5.46. The van der Waals surface area contributed by atoms with E-state index in [1.807, 2.05) is 18.9 Å². The highest BCUT2D eigenvalue weighted by Crippen LogP contribution is 2.54. The number of likely N-dealkylation sites (tertiary alicyclic amines) is 1. The van der Waals surface area contributed by atoms with Crippen LogP contribution in [-0.4, -0.2) is 82.8 Å². The van der Waals surface area contributed by atoms with Gasteiger partial charge in [-0.05, 0) is 77.3 Å². The third kappa shape index (κ3) is 5.16. The number of aliphatic hydroxyl groups is 1. The van der Waals surface area contributed by atoms with Crippen molar-refractivity contribution in [3.63, 3.8) is 0 Å². The van der Waals surface area contributed by atoms with E-state index in [4.69, 9.17) is 32.0 Å². The molecular formula is C32H40ClFN8O2S. The summed E-state index contributed by atoms with van der Waals surface area (Å²) < 4.78 is 20.6. The smallest absolute Gasteiger partial charge is 0.238 e. The van der Waals surface area contributed by atoms with E-state index < -0.39 is 17.7 Å². The minimum atomic E-state index is -0.921. The first-order valence-electron chi connectivity index (χ1n) is 16.0. The summed E-state index contributed by atoms with van der Waals surface area (Å²) >= 11 is 8.43. The molecule has 2 spiro atoms. The molecule has 5 aliphatic rings. The Bertz CT molecular complexity index is 1620. The number of rotatable bonds is 6. The average molecular weight is 655 g/mol. The molecule has 7 rings (SSSR count). The zero-order chi connectivity index (χ0) is 31.7. The van der Waals surface area contributed by atoms with Crippen LogP contribution in [0.5, 0.6) is 5.88 Å². The van der Waals surface area contributed by atoms with Gasteiger partial charge in [-0.3, -0.25) is 10.3 Å². The van der Waals surface area contributed by atoms with Gasteiger partial charge in [0.05, 0.1) is 11.0 Å². The van der Waals surface area contributed by atoms with Gasteiger partial charge in [-0.1, -0.05) is 11.6 Å². The van der Waals surface area contributed by atoms with E-state index in [2.05, 4.69) is 16.3 Å². The molecular weight excluding hydrogens is 615 g/mol. The molecule has 3 fully saturated rings. The van der Waals surface area contributed by atoms with Crippen molar-refractivity contribution < 1.29 is 14.2 Å². The van der Waals surface area contributed by atoms with Crippen LogP contribution in [0.25, 0.3) is 0 Å². The molecule has 240 valence electrons. The first-order valence-corrected chi connectivity index (χ1v) is 17.2. The fraction of sp³-hybridized carbons (Fsp3) is 0.625. The van der Waals surface area contributed by atoms with Crippen LogP contribution in [0.1, 0.15) is 80.1 Å². The fourth-order valence-corrected chi connectivity index (χ4v) is 9.54. The van der Waals surface area contributed by atoms with E-state index >= 15 is 0 Å². The minimum Gasteiger partial charge on any atom is -0.511 e. The minimum absolute atomic E-state index is 0.0221. The number of aryl methyl sites for hydroxylation is 1. The molecule has 13 heteroatoms.